The lowest BCUT2D eigenvalue weighted by molar-refractivity contribution is 0.223. The van der Waals surface area contributed by atoms with Crippen molar-refractivity contribution in [2.75, 3.05) is 13.2 Å². The van der Waals surface area contributed by atoms with E-state index in [-0.39, 0.29) is 0 Å². The Bertz CT molecular complexity index is 613. The quantitative estimate of drug-likeness (QED) is 0.716. The summed E-state index contributed by atoms with van der Waals surface area (Å²) in [6, 6.07) is 15.6. The Balaban J connectivity index is 1.95. The van der Waals surface area contributed by atoms with Gasteiger partial charge in [0.2, 0.25) is 0 Å². The molecule has 23 heavy (non-hydrogen) atoms. The van der Waals surface area contributed by atoms with Crippen molar-refractivity contribution < 1.29 is 9.47 Å². The highest BCUT2D eigenvalue weighted by Gasteiger charge is 2.00. The van der Waals surface area contributed by atoms with Crippen molar-refractivity contribution in [1.29, 1.82) is 0 Å². The summed E-state index contributed by atoms with van der Waals surface area (Å²) in [6.45, 7) is 3.71. The molecule has 0 heterocycles. The average molecular weight is 332 g/mol. The van der Waals surface area contributed by atoms with Crippen LogP contribution in [0.25, 0.3) is 6.08 Å². The summed E-state index contributed by atoms with van der Waals surface area (Å²) in [5.41, 5.74) is 7.75. The molecular weight excluding hydrogens is 310 g/mol. The molecule has 4 heteroatoms. The Hall–Kier alpha value is -1.97. The molecule has 122 valence electrons. The summed E-state index contributed by atoms with van der Waals surface area (Å²) in [5, 5.41) is 0.729. The first-order valence-corrected chi connectivity index (χ1v) is 8.10. The number of benzene rings is 2. The Kier molecular flexibility index (Phi) is 6.98. The maximum absolute atomic E-state index is 5.87. The van der Waals surface area contributed by atoms with E-state index in [1.165, 1.54) is 0 Å². The second-order valence-electron chi connectivity index (χ2n) is 5.07. The number of rotatable bonds is 8. The van der Waals surface area contributed by atoms with Crippen molar-refractivity contribution in [3.8, 4) is 5.75 Å². The maximum Gasteiger partial charge on any atom is 0.119 e. The van der Waals surface area contributed by atoms with Crippen molar-refractivity contribution in [1.82, 2.24) is 0 Å². The zero-order valence-corrected chi connectivity index (χ0v) is 14.1. The Labute approximate surface area is 142 Å². The minimum atomic E-state index is 0.518. The van der Waals surface area contributed by atoms with Gasteiger partial charge < -0.3 is 15.2 Å². The monoisotopic (exact) mass is 331 g/mol. The molecule has 0 amide bonds. The molecule has 2 aromatic rings. The van der Waals surface area contributed by atoms with Crippen molar-refractivity contribution in [2.45, 2.75) is 20.0 Å². The summed E-state index contributed by atoms with van der Waals surface area (Å²) >= 11 is 5.87. The van der Waals surface area contributed by atoms with Crippen molar-refractivity contribution >= 4 is 17.7 Å². The number of hydrogen-bond donors (Lipinski definition) is 1. The molecule has 0 fully saturated rings. The highest BCUT2D eigenvalue weighted by atomic mass is 35.5. The molecule has 0 spiro atoms. The van der Waals surface area contributed by atoms with Crippen LogP contribution < -0.4 is 10.5 Å². The molecule has 0 aliphatic carbocycles. The molecule has 0 aromatic heterocycles. The summed E-state index contributed by atoms with van der Waals surface area (Å²) in [6.07, 6.45) is 2.75. The van der Waals surface area contributed by atoms with Gasteiger partial charge in [-0.15, -0.1) is 0 Å². The number of nitrogens with two attached hydrogens (primary N) is 1. The largest absolute Gasteiger partial charge is 0.498 e. The first kappa shape index (κ1) is 17.4. The first-order chi connectivity index (χ1) is 11.2. The van der Waals surface area contributed by atoms with Gasteiger partial charge in [0.05, 0.1) is 12.4 Å². The standard InChI is InChI=1S/C19H22ClNO2/c1-2-22-19(11-12-21)13-15-5-9-18(10-6-15)23-14-16-3-7-17(20)8-4-16/h3-10,13H,2,11-12,14,21H2,1H3. The van der Waals surface area contributed by atoms with E-state index in [1.54, 1.807) is 0 Å². The third-order valence-corrected chi connectivity index (χ3v) is 3.50. The van der Waals surface area contributed by atoms with E-state index < -0.39 is 0 Å². The van der Waals surface area contributed by atoms with Crippen LogP contribution in [0.1, 0.15) is 24.5 Å². The fraction of sp³-hybridized carbons (Fsp3) is 0.263. The minimum Gasteiger partial charge on any atom is -0.498 e. The lowest BCUT2D eigenvalue weighted by atomic mass is 10.1. The van der Waals surface area contributed by atoms with Gasteiger partial charge in [0.15, 0.2) is 0 Å². The zero-order valence-electron chi connectivity index (χ0n) is 13.3. The molecule has 0 radical (unpaired) electrons. The maximum atomic E-state index is 5.87. The van der Waals surface area contributed by atoms with Gasteiger partial charge >= 0.3 is 0 Å². The second-order valence-corrected chi connectivity index (χ2v) is 5.50. The Morgan fingerprint density at radius 3 is 2.39 bits per heavy atom. The van der Waals surface area contributed by atoms with Crippen LogP contribution in [0.15, 0.2) is 54.3 Å². The molecule has 0 aliphatic rings. The van der Waals surface area contributed by atoms with E-state index in [1.807, 2.05) is 61.5 Å². The molecule has 2 N–H and O–H groups in total. The third kappa shape index (κ3) is 5.97. The highest BCUT2D eigenvalue weighted by molar-refractivity contribution is 6.30. The Morgan fingerprint density at radius 1 is 1.09 bits per heavy atom. The lowest BCUT2D eigenvalue weighted by Crippen LogP contribution is -2.02. The number of hydrogen-bond acceptors (Lipinski definition) is 3. The van der Waals surface area contributed by atoms with E-state index >= 15 is 0 Å². The number of halogens is 1. The van der Waals surface area contributed by atoms with E-state index in [0.29, 0.717) is 19.8 Å². The molecule has 0 unspecified atom stereocenters. The molecule has 0 bridgehead atoms. The predicted molar refractivity (Wildman–Crippen MR) is 95.5 cm³/mol. The summed E-state index contributed by atoms with van der Waals surface area (Å²) in [5.74, 6) is 1.73. The first-order valence-electron chi connectivity index (χ1n) is 7.72. The van der Waals surface area contributed by atoms with Gasteiger partial charge in [0.25, 0.3) is 0 Å². The topological polar surface area (TPSA) is 44.5 Å². The van der Waals surface area contributed by atoms with Gasteiger partial charge in [-0.3, -0.25) is 0 Å². The number of ether oxygens (including phenoxy) is 2. The van der Waals surface area contributed by atoms with Crippen LogP contribution in [0.2, 0.25) is 5.02 Å². The van der Waals surface area contributed by atoms with E-state index in [0.717, 1.165) is 34.1 Å². The normalized spacial score (nSPS) is 11.3. The molecule has 2 rings (SSSR count). The van der Waals surface area contributed by atoms with Crippen LogP contribution in [0.3, 0.4) is 0 Å². The van der Waals surface area contributed by atoms with Gasteiger partial charge in [-0.25, -0.2) is 0 Å². The molecule has 0 saturated carbocycles. The molecular formula is C19H22ClNO2. The minimum absolute atomic E-state index is 0.518. The third-order valence-electron chi connectivity index (χ3n) is 3.25. The molecule has 0 atom stereocenters. The molecule has 2 aromatic carbocycles. The van der Waals surface area contributed by atoms with Crippen LogP contribution in [0.4, 0.5) is 0 Å². The average Bonchev–Trinajstić information content (AvgIpc) is 2.56. The van der Waals surface area contributed by atoms with E-state index in [4.69, 9.17) is 26.8 Å². The summed E-state index contributed by atoms with van der Waals surface area (Å²) < 4.78 is 11.3. The smallest absolute Gasteiger partial charge is 0.119 e. The van der Waals surface area contributed by atoms with Crippen molar-refractivity contribution in [3.05, 3.63) is 70.4 Å². The Morgan fingerprint density at radius 2 is 1.78 bits per heavy atom. The van der Waals surface area contributed by atoms with Crippen LogP contribution in [0, 0.1) is 0 Å². The van der Waals surface area contributed by atoms with Gasteiger partial charge in [-0.05, 0) is 54.9 Å². The van der Waals surface area contributed by atoms with Crippen LogP contribution >= 0.6 is 11.6 Å². The van der Waals surface area contributed by atoms with E-state index in [9.17, 15) is 0 Å². The fourth-order valence-corrected chi connectivity index (χ4v) is 2.23. The summed E-state index contributed by atoms with van der Waals surface area (Å²) in [7, 11) is 0. The second kappa shape index (κ2) is 9.23. The van der Waals surface area contributed by atoms with Gasteiger partial charge in [0, 0.05) is 11.4 Å². The zero-order chi connectivity index (χ0) is 16.5. The summed E-state index contributed by atoms with van der Waals surface area (Å²) in [4.78, 5) is 0. The lowest BCUT2D eigenvalue weighted by Gasteiger charge is -2.09. The van der Waals surface area contributed by atoms with Crippen molar-refractivity contribution in [2.24, 2.45) is 5.73 Å². The molecule has 0 saturated heterocycles. The highest BCUT2D eigenvalue weighted by Crippen LogP contribution is 2.18. The fourth-order valence-electron chi connectivity index (χ4n) is 2.11. The molecule has 3 nitrogen and oxygen atoms in total. The van der Waals surface area contributed by atoms with Gasteiger partial charge in [0.1, 0.15) is 12.4 Å². The van der Waals surface area contributed by atoms with Crippen LogP contribution in [-0.4, -0.2) is 13.2 Å². The van der Waals surface area contributed by atoms with Crippen LogP contribution in [-0.2, 0) is 11.3 Å². The SMILES string of the molecule is CCOC(=Cc1ccc(OCc2ccc(Cl)cc2)cc1)CCN. The van der Waals surface area contributed by atoms with Gasteiger partial charge in [-0.1, -0.05) is 35.9 Å². The van der Waals surface area contributed by atoms with Crippen molar-refractivity contribution in [3.63, 3.8) is 0 Å². The van der Waals surface area contributed by atoms with E-state index in [2.05, 4.69) is 0 Å². The molecule has 0 aliphatic heterocycles. The predicted octanol–water partition coefficient (Wildman–Crippen LogP) is 4.65. The van der Waals surface area contributed by atoms with Gasteiger partial charge in [-0.2, -0.15) is 0 Å². The van der Waals surface area contributed by atoms with Crippen LogP contribution in [0.5, 0.6) is 5.75 Å².